The van der Waals surface area contributed by atoms with Crippen LogP contribution in [0.15, 0.2) is 42.5 Å². The highest BCUT2D eigenvalue weighted by molar-refractivity contribution is 5.28. The lowest BCUT2D eigenvalue weighted by Gasteiger charge is -2.13. The lowest BCUT2D eigenvalue weighted by atomic mass is 9.99. The second kappa shape index (κ2) is 6.48. The molecule has 2 rings (SSSR count). The summed E-state index contributed by atoms with van der Waals surface area (Å²) in [7, 11) is 1.61. The quantitative estimate of drug-likeness (QED) is 0.911. The van der Waals surface area contributed by atoms with Gasteiger partial charge in [-0.2, -0.15) is 0 Å². The number of methoxy groups -OCH3 is 1. The van der Waals surface area contributed by atoms with Crippen LogP contribution in [0.25, 0.3) is 0 Å². The Bertz CT molecular complexity index is 569. The van der Waals surface area contributed by atoms with E-state index in [-0.39, 0.29) is 6.04 Å². The van der Waals surface area contributed by atoms with E-state index in [4.69, 9.17) is 10.5 Å². The Morgan fingerprint density at radius 1 is 1.05 bits per heavy atom. The van der Waals surface area contributed by atoms with E-state index in [1.54, 1.807) is 7.11 Å². The van der Waals surface area contributed by atoms with Crippen molar-refractivity contribution in [1.82, 2.24) is 0 Å². The molecule has 0 saturated heterocycles. The van der Waals surface area contributed by atoms with Crippen LogP contribution in [0, 0.1) is 11.6 Å². The summed E-state index contributed by atoms with van der Waals surface area (Å²) in [5.74, 6) is -0.336. The van der Waals surface area contributed by atoms with E-state index < -0.39 is 11.6 Å². The van der Waals surface area contributed by atoms with Crippen molar-refractivity contribution >= 4 is 0 Å². The van der Waals surface area contributed by atoms with E-state index >= 15 is 0 Å². The Hall–Kier alpha value is -1.94. The average Bonchev–Trinajstić information content (AvgIpc) is 2.43. The molecule has 0 heterocycles. The van der Waals surface area contributed by atoms with Gasteiger partial charge in [0.15, 0.2) is 0 Å². The van der Waals surface area contributed by atoms with Gasteiger partial charge in [-0.15, -0.1) is 0 Å². The average molecular weight is 277 g/mol. The molecule has 0 radical (unpaired) electrons. The number of hydrogen-bond acceptors (Lipinski definition) is 2. The first-order chi connectivity index (χ1) is 9.58. The molecule has 0 amide bonds. The van der Waals surface area contributed by atoms with Gasteiger partial charge in [-0.1, -0.05) is 18.2 Å². The van der Waals surface area contributed by atoms with Gasteiger partial charge in [0.2, 0.25) is 0 Å². The van der Waals surface area contributed by atoms with Gasteiger partial charge in [-0.3, -0.25) is 0 Å². The zero-order chi connectivity index (χ0) is 14.5. The summed E-state index contributed by atoms with van der Waals surface area (Å²) in [6.45, 7) is 0. The van der Waals surface area contributed by atoms with Gasteiger partial charge in [0, 0.05) is 12.1 Å². The third-order valence-corrected chi connectivity index (χ3v) is 3.15. The highest BCUT2D eigenvalue weighted by Crippen LogP contribution is 2.15. The molecule has 0 aliphatic rings. The molecule has 0 fully saturated rings. The van der Waals surface area contributed by atoms with Crippen molar-refractivity contribution in [3.63, 3.8) is 0 Å². The van der Waals surface area contributed by atoms with Gasteiger partial charge in [-0.05, 0) is 42.2 Å². The molecule has 0 aliphatic heterocycles. The molecule has 0 bridgehead atoms. The van der Waals surface area contributed by atoms with Crippen LogP contribution in [0.4, 0.5) is 8.78 Å². The molecular formula is C16H17F2NO. The van der Waals surface area contributed by atoms with Crippen LogP contribution in [0.2, 0.25) is 0 Å². The first-order valence-corrected chi connectivity index (χ1v) is 6.41. The molecule has 2 nitrogen and oxygen atoms in total. The summed E-state index contributed by atoms with van der Waals surface area (Å²) in [4.78, 5) is 0. The molecule has 1 atom stereocenters. The molecule has 20 heavy (non-hydrogen) atoms. The van der Waals surface area contributed by atoms with Crippen molar-refractivity contribution < 1.29 is 13.5 Å². The Balaban J connectivity index is 1.99. The lowest BCUT2D eigenvalue weighted by Crippen LogP contribution is -2.26. The van der Waals surface area contributed by atoms with Gasteiger partial charge in [0.25, 0.3) is 0 Å². The molecule has 106 valence electrons. The first-order valence-electron chi connectivity index (χ1n) is 6.41. The predicted octanol–water partition coefficient (Wildman–Crippen LogP) is 3.09. The van der Waals surface area contributed by atoms with E-state index in [2.05, 4.69) is 0 Å². The van der Waals surface area contributed by atoms with Crippen LogP contribution in [0.1, 0.15) is 11.1 Å². The van der Waals surface area contributed by atoms with Crippen LogP contribution in [0.3, 0.4) is 0 Å². The molecule has 4 heteroatoms. The van der Waals surface area contributed by atoms with Gasteiger partial charge >= 0.3 is 0 Å². The molecular weight excluding hydrogens is 260 g/mol. The molecule has 2 N–H and O–H groups in total. The van der Waals surface area contributed by atoms with Crippen LogP contribution in [-0.2, 0) is 12.8 Å². The maximum atomic E-state index is 13.5. The number of rotatable bonds is 5. The third-order valence-electron chi connectivity index (χ3n) is 3.15. The van der Waals surface area contributed by atoms with Crippen molar-refractivity contribution in [2.24, 2.45) is 5.73 Å². The monoisotopic (exact) mass is 277 g/mol. The summed E-state index contributed by atoms with van der Waals surface area (Å²) < 4.78 is 31.4. The summed E-state index contributed by atoms with van der Waals surface area (Å²) in [5.41, 5.74) is 7.52. The highest BCUT2D eigenvalue weighted by atomic mass is 19.1. The van der Waals surface area contributed by atoms with Crippen molar-refractivity contribution in [2.75, 3.05) is 7.11 Å². The molecule has 0 aliphatic carbocycles. The van der Waals surface area contributed by atoms with Crippen molar-refractivity contribution in [2.45, 2.75) is 18.9 Å². The first kappa shape index (κ1) is 14.5. The molecule has 1 unspecified atom stereocenters. The normalized spacial score (nSPS) is 12.2. The van der Waals surface area contributed by atoms with Crippen molar-refractivity contribution in [1.29, 1.82) is 0 Å². The van der Waals surface area contributed by atoms with E-state index in [0.717, 1.165) is 17.4 Å². The van der Waals surface area contributed by atoms with E-state index in [1.165, 1.54) is 12.1 Å². The zero-order valence-corrected chi connectivity index (χ0v) is 11.3. The Morgan fingerprint density at radius 2 is 1.75 bits per heavy atom. The fourth-order valence-corrected chi connectivity index (χ4v) is 2.11. The van der Waals surface area contributed by atoms with Gasteiger partial charge in [0.05, 0.1) is 7.11 Å². The number of halogens is 2. The van der Waals surface area contributed by atoms with Crippen molar-refractivity contribution in [3.05, 3.63) is 65.2 Å². The second-order valence-corrected chi connectivity index (χ2v) is 4.75. The van der Waals surface area contributed by atoms with Gasteiger partial charge in [-0.25, -0.2) is 8.78 Å². The minimum atomic E-state index is -0.574. The maximum absolute atomic E-state index is 13.5. The van der Waals surface area contributed by atoms with Crippen molar-refractivity contribution in [3.8, 4) is 5.75 Å². The molecule has 0 aromatic heterocycles. The van der Waals surface area contributed by atoms with Crippen LogP contribution < -0.4 is 10.5 Å². The van der Waals surface area contributed by atoms with E-state index in [1.807, 2.05) is 24.3 Å². The topological polar surface area (TPSA) is 35.2 Å². The fourth-order valence-electron chi connectivity index (χ4n) is 2.11. The van der Waals surface area contributed by atoms with Gasteiger partial charge in [0.1, 0.15) is 17.4 Å². The number of hydrogen-bond donors (Lipinski definition) is 1. The molecule has 2 aromatic rings. The van der Waals surface area contributed by atoms with Crippen LogP contribution in [0.5, 0.6) is 5.75 Å². The Morgan fingerprint density at radius 3 is 2.35 bits per heavy atom. The number of benzene rings is 2. The SMILES string of the molecule is COc1ccc(CC(N)Cc2ccc(F)cc2F)cc1. The summed E-state index contributed by atoms with van der Waals surface area (Å²) >= 11 is 0. The number of ether oxygens (including phenoxy) is 1. The highest BCUT2D eigenvalue weighted by Gasteiger charge is 2.10. The zero-order valence-electron chi connectivity index (χ0n) is 11.3. The minimum Gasteiger partial charge on any atom is -0.497 e. The summed E-state index contributed by atoms with van der Waals surface area (Å²) in [6.07, 6.45) is 0.999. The summed E-state index contributed by atoms with van der Waals surface area (Å²) in [6, 6.07) is 10.9. The van der Waals surface area contributed by atoms with Gasteiger partial charge < -0.3 is 10.5 Å². The van der Waals surface area contributed by atoms with Crippen LogP contribution in [-0.4, -0.2) is 13.2 Å². The smallest absolute Gasteiger partial charge is 0.129 e. The molecule has 2 aromatic carbocycles. The maximum Gasteiger partial charge on any atom is 0.129 e. The Kier molecular flexibility index (Phi) is 4.69. The minimum absolute atomic E-state index is 0.219. The predicted molar refractivity (Wildman–Crippen MR) is 74.7 cm³/mol. The third kappa shape index (κ3) is 3.78. The fraction of sp³-hybridized carbons (Fsp3) is 0.250. The second-order valence-electron chi connectivity index (χ2n) is 4.75. The largest absolute Gasteiger partial charge is 0.497 e. The van der Waals surface area contributed by atoms with E-state index in [0.29, 0.717) is 18.4 Å². The van der Waals surface area contributed by atoms with E-state index in [9.17, 15) is 8.78 Å². The molecule has 0 saturated carbocycles. The lowest BCUT2D eigenvalue weighted by molar-refractivity contribution is 0.414. The summed E-state index contributed by atoms with van der Waals surface area (Å²) in [5, 5.41) is 0. The van der Waals surface area contributed by atoms with Crippen LogP contribution >= 0.6 is 0 Å². The molecule has 0 spiro atoms. The standard InChI is InChI=1S/C16H17F2NO/c1-20-15-6-2-11(3-7-15)8-14(19)9-12-4-5-13(17)10-16(12)18/h2-7,10,14H,8-9,19H2,1H3. The number of nitrogens with two attached hydrogens (primary N) is 1. The Labute approximate surface area is 117 Å².